The lowest BCUT2D eigenvalue weighted by molar-refractivity contribution is 0.101. The Balaban J connectivity index is 2.73. The maximum absolute atomic E-state index is 11.7. The van der Waals surface area contributed by atoms with Crippen molar-refractivity contribution >= 4 is 5.78 Å². The molecule has 11 heavy (non-hydrogen) atoms. The SMILES string of the molecule is CC(=O)c1cn(CCF)nn1. The number of nitrogens with zero attached hydrogens (tertiary/aromatic N) is 3. The van der Waals surface area contributed by atoms with Crippen molar-refractivity contribution in [3.05, 3.63) is 11.9 Å². The van der Waals surface area contributed by atoms with Gasteiger partial charge in [-0.1, -0.05) is 5.21 Å². The summed E-state index contributed by atoms with van der Waals surface area (Å²) in [6.07, 6.45) is 1.43. The van der Waals surface area contributed by atoms with Gasteiger partial charge in [-0.05, 0) is 0 Å². The first kappa shape index (κ1) is 7.84. The Morgan fingerprint density at radius 2 is 2.55 bits per heavy atom. The van der Waals surface area contributed by atoms with Gasteiger partial charge in [0.25, 0.3) is 0 Å². The summed E-state index contributed by atoms with van der Waals surface area (Å²) in [5.41, 5.74) is 0.276. The van der Waals surface area contributed by atoms with E-state index in [0.717, 1.165) is 0 Å². The summed E-state index contributed by atoms with van der Waals surface area (Å²) in [4.78, 5) is 10.7. The monoisotopic (exact) mass is 157 g/mol. The molecular formula is C6H8FN3O. The fraction of sp³-hybridized carbons (Fsp3) is 0.500. The lowest BCUT2D eigenvalue weighted by Gasteiger charge is -1.89. The number of hydrogen-bond donors (Lipinski definition) is 0. The number of alkyl halides is 1. The van der Waals surface area contributed by atoms with Crippen molar-refractivity contribution in [2.75, 3.05) is 6.67 Å². The van der Waals surface area contributed by atoms with Gasteiger partial charge in [0.15, 0.2) is 5.78 Å². The van der Waals surface area contributed by atoms with E-state index in [1.807, 2.05) is 0 Å². The maximum atomic E-state index is 11.7. The number of carbonyl (C=O) groups is 1. The fourth-order valence-electron chi connectivity index (χ4n) is 0.656. The van der Waals surface area contributed by atoms with Crippen molar-refractivity contribution in [1.29, 1.82) is 0 Å². The van der Waals surface area contributed by atoms with E-state index >= 15 is 0 Å². The van der Waals surface area contributed by atoms with Crippen molar-refractivity contribution < 1.29 is 9.18 Å². The molecule has 1 rings (SSSR count). The van der Waals surface area contributed by atoms with Crippen molar-refractivity contribution in [2.45, 2.75) is 13.5 Å². The second-order valence-electron chi connectivity index (χ2n) is 2.11. The highest BCUT2D eigenvalue weighted by atomic mass is 19.1. The molecule has 0 bridgehead atoms. The summed E-state index contributed by atoms with van der Waals surface area (Å²) in [6.45, 7) is 1.05. The normalized spacial score (nSPS) is 10.0. The molecule has 0 aliphatic carbocycles. The summed E-state index contributed by atoms with van der Waals surface area (Å²) in [5.74, 6) is -0.157. The van der Waals surface area contributed by atoms with Crippen LogP contribution in [0.1, 0.15) is 17.4 Å². The average Bonchev–Trinajstić information content (AvgIpc) is 2.37. The Hall–Kier alpha value is -1.26. The number of carbonyl (C=O) groups excluding carboxylic acids is 1. The summed E-state index contributed by atoms with van der Waals surface area (Å²) >= 11 is 0. The maximum Gasteiger partial charge on any atom is 0.181 e. The molecule has 0 aliphatic rings. The summed E-state index contributed by atoms with van der Waals surface area (Å²) in [7, 11) is 0. The van der Waals surface area contributed by atoms with Crippen LogP contribution in [-0.4, -0.2) is 27.5 Å². The molecule has 4 nitrogen and oxygen atoms in total. The second-order valence-corrected chi connectivity index (χ2v) is 2.11. The van der Waals surface area contributed by atoms with E-state index in [0.29, 0.717) is 0 Å². The van der Waals surface area contributed by atoms with Crippen LogP contribution in [0.4, 0.5) is 4.39 Å². The van der Waals surface area contributed by atoms with E-state index in [4.69, 9.17) is 0 Å². The lowest BCUT2D eigenvalue weighted by atomic mass is 10.3. The van der Waals surface area contributed by atoms with Gasteiger partial charge in [0, 0.05) is 6.92 Å². The first-order valence-corrected chi connectivity index (χ1v) is 3.21. The van der Waals surface area contributed by atoms with Crippen LogP contribution in [0, 0.1) is 0 Å². The van der Waals surface area contributed by atoms with Gasteiger partial charge < -0.3 is 0 Å². The molecule has 0 aliphatic heterocycles. The summed E-state index contributed by atoms with van der Waals surface area (Å²) in [5, 5.41) is 7.06. The van der Waals surface area contributed by atoms with Crippen LogP contribution >= 0.6 is 0 Å². The molecule has 0 amide bonds. The van der Waals surface area contributed by atoms with Crippen LogP contribution in [0.2, 0.25) is 0 Å². The van der Waals surface area contributed by atoms with Crippen LogP contribution in [0.25, 0.3) is 0 Å². The number of ketones is 1. The molecule has 0 radical (unpaired) electrons. The van der Waals surface area contributed by atoms with Crippen LogP contribution in [-0.2, 0) is 6.54 Å². The molecule has 0 saturated heterocycles. The number of aromatic nitrogens is 3. The molecule has 1 aromatic rings. The van der Waals surface area contributed by atoms with Gasteiger partial charge in [0.2, 0.25) is 0 Å². The van der Waals surface area contributed by atoms with Gasteiger partial charge in [-0.2, -0.15) is 0 Å². The first-order chi connectivity index (χ1) is 5.24. The van der Waals surface area contributed by atoms with Gasteiger partial charge in [-0.3, -0.25) is 4.79 Å². The zero-order valence-corrected chi connectivity index (χ0v) is 6.12. The topological polar surface area (TPSA) is 47.8 Å². The van der Waals surface area contributed by atoms with E-state index in [9.17, 15) is 9.18 Å². The highest BCUT2D eigenvalue weighted by Gasteiger charge is 2.03. The Bertz CT molecular complexity index is 258. The number of rotatable bonds is 3. The third kappa shape index (κ3) is 1.83. The van der Waals surface area contributed by atoms with Crippen LogP contribution in [0.15, 0.2) is 6.20 Å². The van der Waals surface area contributed by atoms with E-state index in [1.165, 1.54) is 17.8 Å². The highest BCUT2D eigenvalue weighted by Crippen LogP contribution is 1.93. The summed E-state index contributed by atoms with van der Waals surface area (Å²) < 4.78 is 13.0. The molecule has 60 valence electrons. The van der Waals surface area contributed by atoms with E-state index in [-0.39, 0.29) is 18.0 Å². The van der Waals surface area contributed by atoms with Crippen molar-refractivity contribution in [2.24, 2.45) is 0 Å². The number of halogens is 1. The minimum absolute atomic E-state index is 0.153. The Morgan fingerprint density at radius 1 is 1.82 bits per heavy atom. The molecule has 0 spiro atoms. The molecule has 0 fully saturated rings. The zero-order valence-electron chi connectivity index (χ0n) is 6.12. The first-order valence-electron chi connectivity index (χ1n) is 3.21. The van der Waals surface area contributed by atoms with Gasteiger partial charge in [-0.15, -0.1) is 5.10 Å². The van der Waals surface area contributed by atoms with Gasteiger partial charge in [-0.25, -0.2) is 9.07 Å². The predicted molar refractivity (Wildman–Crippen MR) is 36.0 cm³/mol. The number of hydrogen-bond acceptors (Lipinski definition) is 3. The Labute approximate surface area is 63.0 Å². The van der Waals surface area contributed by atoms with E-state index in [2.05, 4.69) is 10.3 Å². The predicted octanol–water partition coefficient (Wildman–Crippen LogP) is 0.450. The molecule has 0 aromatic carbocycles. The van der Waals surface area contributed by atoms with Crippen molar-refractivity contribution in [3.8, 4) is 0 Å². The van der Waals surface area contributed by atoms with E-state index < -0.39 is 6.67 Å². The standard InChI is InChI=1S/C6H8FN3O/c1-5(11)6-4-10(3-2-7)9-8-6/h4H,2-3H2,1H3. The molecule has 0 unspecified atom stereocenters. The summed E-state index contributed by atoms with van der Waals surface area (Å²) in [6, 6.07) is 0. The number of Topliss-reactive ketones (excluding diaryl/α,β-unsaturated/α-hetero) is 1. The third-order valence-electron chi connectivity index (χ3n) is 1.21. The minimum atomic E-state index is -0.499. The molecule has 5 heteroatoms. The van der Waals surface area contributed by atoms with Crippen LogP contribution in [0.3, 0.4) is 0 Å². The van der Waals surface area contributed by atoms with Crippen LogP contribution in [0.5, 0.6) is 0 Å². The lowest BCUT2D eigenvalue weighted by Crippen LogP contribution is -1.99. The molecule has 0 saturated carbocycles. The second kappa shape index (κ2) is 3.23. The van der Waals surface area contributed by atoms with Crippen molar-refractivity contribution in [1.82, 2.24) is 15.0 Å². The average molecular weight is 157 g/mol. The van der Waals surface area contributed by atoms with Gasteiger partial charge >= 0.3 is 0 Å². The zero-order chi connectivity index (χ0) is 8.27. The van der Waals surface area contributed by atoms with Crippen molar-refractivity contribution in [3.63, 3.8) is 0 Å². The quantitative estimate of drug-likeness (QED) is 0.598. The smallest absolute Gasteiger partial charge is 0.181 e. The van der Waals surface area contributed by atoms with Gasteiger partial charge in [0.05, 0.1) is 12.7 Å². The Kier molecular flexibility index (Phi) is 2.30. The highest BCUT2D eigenvalue weighted by molar-refractivity contribution is 5.91. The third-order valence-corrected chi connectivity index (χ3v) is 1.21. The minimum Gasteiger partial charge on any atom is -0.293 e. The van der Waals surface area contributed by atoms with Gasteiger partial charge in [0.1, 0.15) is 12.4 Å². The molecule has 1 heterocycles. The largest absolute Gasteiger partial charge is 0.293 e. The molecule has 1 aromatic heterocycles. The van der Waals surface area contributed by atoms with E-state index in [1.54, 1.807) is 0 Å². The molecule has 0 atom stereocenters. The molecular weight excluding hydrogens is 149 g/mol. The van der Waals surface area contributed by atoms with Crippen LogP contribution < -0.4 is 0 Å². The Morgan fingerprint density at radius 3 is 3.00 bits per heavy atom. The molecule has 0 N–H and O–H groups in total. The fourth-order valence-corrected chi connectivity index (χ4v) is 0.656. The number of aryl methyl sites for hydroxylation is 1.